The number of nitrogens with zero attached hydrogens (tertiary/aromatic N) is 3. The van der Waals surface area contributed by atoms with E-state index in [9.17, 15) is 0 Å². The molecule has 1 radical (unpaired) electrons. The molecule has 0 aromatic rings. The fourth-order valence-electron chi connectivity index (χ4n) is 0. The van der Waals surface area contributed by atoms with Gasteiger partial charge in [0.25, 0.3) is 0 Å². The molecule has 0 saturated heterocycles. The average Bonchev–Trinajstić information content (AvgIpc) is 1.33. The van der Waals surface area contributed by atoms with E-state index in [-0.39, 0.29) is 60.2 Å². The van der Waals surface area contributed by atoms with Gasteiger partial charge in [-0.25, -0.2) is 0 Å². The summed E-state index contributed by atoms with van der Waals surface area (Å²) in [4.78, 5) is 1.50. The first kappa shape index (κ1) is 16.1. The minimum Gasteiger partial charge on any atom is -0.373 e. The average molecular weight is 154 g/mol. The quantitative estimate of drug-likeness (QED) is 0.191. The molecule has 0 spiro atoms. The molecule has 0 bridgehead atoms. The van der Waals surface area contributed by atoms with Crippen LogP contribution in [0.15, 0.2) is 0 Å². The molecule has 0 aliphatic heterocycles. The summed E-state index contributed by atoms with van der Waals surface area (Å²) in [7, 11) is 0.120. The van der Waals surface area contributed by atoms with Crippen molar-refractivity contribution in [3.63, 3.8) is 0 Å². The van der Waals surface area contributed by atoms with Crippen LogP contribution in [-0.2, 0) is 0 Å². The predicted molar refractivity (Wildman–Crippen MR) is 33.4 cm³/mol. The summed E-state index contributed by atoms with van der Waals surface area (Å²) in [5, 5.41) is 0. The Bertz CT molecular complexity index is 56.8. The Morgan fingerprint density at radius 1 is 1.12 bits per heavy atom. The van der Waals surface area contributed by atoms with Gasteiger partial charge in [-0.2, -0.15) is 0 Å². The smallest absolute Gasteiger partial charge is 0.373 e. The van der Waals surface area contributed by atoms with E-state index < -0.39 is 0 Å². The van der Waals surface area contributed by atoms with Crippen LogP contribution in [0, 0.1) is 0 Å². The van der Waals surface area contributed by atoms with Crippen molar-refractivity contribution in [2.45, 2.75) is 19.6 Å². The molecule has 0 aliphatic rings. The Hall–Kier alpha value is 1.16. The Kier molecular flexibility index (Phi) is 31.6. The maximum atomic E-state index is 6.75. The van der Waals surface area contributed by atoms with Crippen molar-refractivity contribution in [2.75, 3.05) is 0 Å². The molecular formula is C3H9KN3Si. The van der Waals surface area contributed by atoms with Gasteiger partial charge in [0.05, 0.1) is 0 Å². The third-order valence-corrected chi connectivity index (χ3v) is 0. The molecule has 8 heavy (non-hydrogen) atoms. The second kappa shape index (κ2) is 15.7. The van der Waals surface area contributed by atoms with Crippen LogP contribution in [0.4, 0.5) is 0 Å². The molecule has 0 fully saturated rings. The molecule has 0 rings (SSSR count). The number of hydrogen-bond donors (Lipinski definition) is 0. The van der Waals surface area contributed by atoms with Gasteiger partial charge in [0.1, 0.15) is 0 Å². The van der Waals surface area contributed by atoms with E-state index in [2.05, 4.69) is 19.6 Å². The van der Waals surface area contributed by atoms with E-state index in [1.54, 1.807) is 0 Å². The second-order valence-electron chi connectivity index (χ2n) is 1.59. The first-order valence-corrected chi connectivity index (χ1v) is 4.90. The summed E-state index contributed by atoms with van der Waals surface area (Å²) in [5.41, 5.74) is 13.5. The first-order valence-electron chi connectivity index (χ1n) is 1.90. The van der Waals surface area contributed by atoms with E-state index >= 15 is 0 Å². The summed E-state index contributed by atoms with van der Waals surface area (Å²) in [5.74, 6) is 0. The second-order valence-corrected chi connectivity index (χ2v) is 4.59. The third-order valence-electron chi connectivity index (χ3n) is 0. The Morgan fingerprint density at radius 3 is 1.12 bits per heavy atom. The van der Waals surface area contributed by atoms with Crippen LogP contribution in [0.5, 0.6) is 0 Å². The van der Waals surface area contributed by atoms with Crippen molar-refractivity contribution >= 4 is 8.80 Å². The summed E-state index contributed by atoms with van der Waals surface area (Å²) in [6, 6.07) is 0. The molecule has 0 heterocycles. The molecular weight excluding hydrogens is 145 g/mol. The zero-order valence-electron chi connectivity index (χ0n) is 5.84. The summed E-state index contributed by atoms with van der Waals surface area (Å²) in [6.07, 6.45) is 0. The van der Waals surface area contributed by atoms with Gasteiger partial charge >= 0.3 is 51.4 Å². The molecule has 0 aromatic heterocycles. The minimum absolute atomic E-state index is 0. The van der Waals surface area contributed by atoms with Crippen LogP contribution >= 0.6 is 0 Å². The molecule has 0 unspecified atom stereocenters. The van der Waals surface area contributed by atoms with E-state index in [0.29, 0.717) is 0 Å². The van der Waals surface area contributed by atoms with Crippen LogP contribution < -0.4 is 51.4 Å². The predicted octanol–water partition coefficient (Wildman–Crippen LogP) is -0.759. The van der Waals surface area contributed by atoms with Crippen molar-refractivity contribution in [3.8, 4) is 0 Å². The zero-order valence-corrected chi connectivity index (χ0v) is 9.96. The number of hydrogen-bond acceptors (Lipinski definition) is 0. The molecule has 5 heteroatoms. The molecule has 0 aliphatic carbocycles. The monoisotopic (exact) mass is 154 g/mol. The van der Waals surface area contributed by atoms with Gasteiger partial charge in [-0.3, -0.25) is 4.91 Å². The van der Waals surface area contributed by atoms with Gasteiger partial charge in [0.2, 0.25) is 0 Å². The van der Waals surface area contributed by atoms with E-state index in [1.165, 1.54) is 4.91 Å². The van der Waals surface area contributed by atoms with E-state index in [1.807, 2.05) is 0 Å². The van der Waals surface area contributed by atoms with Crippen molar-refractivity contribution in [1.29, 1.82) is 0 Å². The standard InChI is InChI=1S/C3H9Si.K.N3/c1-4(2)3;;1-3-2/h1-3H3;;/q;+1;-1. The van der Waals surface area contributed by atoms with Crippen LogP contribution in [0.3, 0.4) is 0 Å². The Balaban J connectivity index is -0.0000000575. The Labute approximate surface area is 94.3 Å². The zero-order chi connectivity index (χ0) is 6.28. The van der Waals surface area contributed by atoms with Gasteiger partial charge in [0, 0.05) is 8.80 Å². The fourth-order valence-corrected chi connectivity index (χ4v) is 0. The van der Waals surface area contributed by atoms with Gasteiger partial charge in [0.15, 0.2) is 0 Å². The molecule has 0 amide bonds. The maximum Gasteiger partial charge on any atom is 1.00 e. The van der Waals surface area contributed by atoms with E-state index in [0.717, 1.165) is 0 Å². The molecule has 3 nitrogen and oxygen atoms in total. The van der Waals surface area contributed by atoms with Gasteiger partial charge in [-0.05, 0) is 0 Å². The van der Waals surface area contributed by atoms with Crippen molar-refractivity contribution in [1.82, 2.24) is 0 Å². The van der Waals surface area contributed by atoms with Crippen LogP contribution in [0.1, 0.15) is 0 Å². The minimum atomic E-state index is 0. The molecule has 0 atom stereocenters. The molecule has 41 valence electrons. The third kappa shape index (κ3) is 201. The first-order chi connectivity index (χ1) is 3.15. The van der Waals surface area contributed by atoms with E-state index in [4.69, 9.17) is 11.1 Å². The molecule has 0 N–H and O–H groups in total. The summed E-state index contributed by atoms with van der Waals surface area (Å²) in [6.45, 7) is 6.81. The molecule has 0 aromatic carbocycles. The van der Waals surface area contributed by atoms with Crippen molar-refractivity contribution in [3.05, 3.63) is 16.0 Å². The van der Waals surface area contributed by atoms with Gasteiger partial charge in [-0.1, -0.05) is 19.6 Å². The normalized spacial score (nSPS) is 5.50. The van der Waals surface area contributed by atoms with Gasteiger partial charge < -0.3 is 11.1 Å². The topological polar surface area (TPSA) is 58.7 Å². The maximum absolute atomic E-state index is 6.75. The Morgan fingerprint density at radius 2 is 1.12 bits per heavy atom. The number of rotatable bonds is 0. The SMILES string of the molecule is C[Si](C)C.[K+].[N-]=[N+]=[N-]. The van der Waals surface area contributed by atoms with Crippen LogP contribution in [0.25, 0.3) is 16.0 Å². The van der Waals surface area contributed by atoms with Crippen LogP contribution in [0.2, 0.25) is 19.6 Å². The van der Waals surface area contributed by atoms with Crippen LogP contribution in [-0.4, -0.2) is 8.80 Å². The van der Waals surface area contributed by atoms with Gasteiger partial charge in [-0.15, -0.1) is 0 Å². The fraction of sp³-hybridized carbons (Fsp3) is 1.00. The summed E-state index contributed by atoms with van der Waals surface area (Å²) < 4.78 is 0. The summed E-state index contributed by atoms with van der Waals surface area (Å²) >= 11 is 0. The largest absolute Gasteiger partial charge is 1.00 e. The van der Waals surface area contributed by atoms with Crippen molar-refractivity contribution in [2.24, 2.45) is 0 Å². The molecule has 0 saturated carbocycles. The van der Waals surface area contributed by atoms with Crippen molar-refractivity contribution < 1.29 is 51.4 Å².